The smallest absolute Gasteiger partial charge is 0.191 e. The monoisotopic (exact) mass is 377 g/mol. The molecule has 1 fully saturated rings. The SMILES string of the molecule is CCNC(=NCc1ccc(C)cc1OCCOC)NCC1(O)CCCCC1. The first-order chi connectivity index (χ1) is 13.1. The third-order valence-electron chi connectivity index (χ3n) is 4.89. The summed E-state index contributed by atoms with van der Waals surface area (Å²) in [6, 6.07) is 6.16. The predicted molar refractivity (Wildman–Crippen MR) is 109 cm³/mol. The van der Waals surface area contributed by atoms with Crippen LogP contribution < -0.4 is 15.4 Å². The fourth-order valence-electron chi connectivity index (χ4n) is 3.30. The van der Waals surface area contributed by atoms with Crippen LogP contribution in [0.25, 0.3) is 0 Å². The molecule has 0 atom stereocenters. The zero-order valence-corrected chi connectivity index (χ0v) is 17.0. The van der Waals surface area contributed by atoms with Gasteiger partial charge in [0.1, 0.15) is 12.4 Å². The van der Waals surface area contributed by atoms with Crippen LogP contribution in [0, 0.1) is 6.92 Å². The highest BCUT2D eigenvalue weighted by Gasteiger charge is 2.29. The maximum Gasteiger partial charge on any atom is 0.191 e. The normalized spacial score (nSPS) is 16.8. The summed E-state index contributed by atoms with van der Waals surface area (Å²) in [6.07, 6.45) is 5.12. The second-order valence-corrected chi connectivity index (χ2v) is 7.29. The van der Waals surface area contributed by atoms with Crippen molar-refractivity contribution in [2.45, 2.75) is 58.1 Å². The molecule has 3 N–H and O–H groups in total. The van der Waals surface area contributed by atoms with Gasteiger partial charge in [0.25, 0.3) is 0 Å². The van der Waals surface area contributed by atoms with E-state index in [0.29, 0.717) is 26.3 Å². The van der Waals surface area contributed by atoms with E-state index in [0.717, 1.165) is 55.1 Å². The third kappa shape index (κ3) is 7.39. The van der Waals surface area contributed by atoms with Crippen LogP contribution >= 0.6 is 0 Å². The first kappa shape index (κ1) is 21.5. The zero-order valence-electron chi connectivity index (χ0n) is 17.0. The summed E-state index contributed by atoms with van der Waals surface area (Å²) < 4.78 is 10.9. The summed E-state index contributed by atoms with van der Waals surface area (Å²) in [7, 11) is 1.67. The minimum absolute atomic E-state index is 0.510. The Bertz CT molecular complexity index is 598. The van der Waals surface area contributed by atoms with Crippen LogP contribution in [0.3, 0.4) is 0 Å². The molecular weight excluding hydrogens is 342 g/mol. The van der Waals surface area contributed by atoms with Crippen molar-refractivity contribution in [3.63, 3.8) is 0 Å². The molecule has 0 heterocycles. The van der Waals surface area contributed by atoms with E-state index in [1.807, 2.05) is 19.9 Å². The van der Waals surface area contributed by atoms with Gasteiger partial charge in [0.05, 0.1) is 18.8 Å². The summed E-state index contributed by atoms with van der Waals surface area (Å²) in [4.78, 5) is 4.69. The summed E-state index contributed by atoms with van der Waals surface area (Å²) in [5.41, 5.74) is 1.57. The summed E-state index contributed by atoms with van der Waals surface area (Å²) >= 11 is 0. The zero-order chi connectivity index (χ0) is 19.5. The van der Waals surface area contributed by atoms with Crippen LogP contribution in [0.15, 0.2) is 23.2 Å². The van der Waals surface area contributed by atoms with Gasteiger partial charge in [-0.1, -0.05) is 31.4 Å². The van der Waals surface area contributed by atoms with Gasteiger partial charge in [-0.2, -0.15) is 0 Å². The molecule has 1 saturated carbocycles. The predicted octanol–water partition coefficient (Wildman–Crippen LogP) is 2.77. The number of guanidine groups is 1. The Kier molecular flexibility index (Phi) is 8.88. The van der Waals surface area contributed by atoms with Gasteiger partial charge in [-0.05, 0) is 38.3 Å². The lowest BCUT2D eigenvalue weighted by Gasteiger charge is -2.32. The van der Waals surface area contributed by atoms with Crippen LogP contribution in [0.2, 0.25) is 0 Å². The first-order valence-corrected chi connectivity index (χ1v) is 10.0. The Morgan fingerprint density at radius 2 is 1.96 bits per heavy atom. The summed E-state index contributed by atoms with van der Waals surface area (Å²) in [5, 5.41) is 17.3. The molecule has 0 aromatic heterocycles. The van der Waals surface area contributed by atoms with Crippen LogP contribution in [-0.2, 0) is 11.3 Å². The van der Waals surface area contributed by atoms with E-state index >= 15 is 0 Å². The van der Waals surface area contributed by atoms with Crippen LogP contribution in [0.1, 0.15) is 50.2 Å². The molecule has 0 bridgehead atoms. The molecule has 2 rings (SSSR count). The fraction of sp³-hybridized carbons (Fsp3) is 0.667. The highest BCUT2D eigenvalue weighted by molar-refractivity contribution is 5.79. The number of aryl methyl sites for hydroxylation is 1. The van der Waals surface area contributed by atoms with Crippen LogP contribution in [0.4, 0.5) is 0 Å². The minimum atomic E-state index is -0.618. The maximum absolute atomic E-state index is 10.7. The van der Waals surface area contributed by atoms with Gasteiger partial charge in [-0.15, -0.1) is 0 Å². The molecule has 0 radical (unpaired) electrons. The average Bonchev–Trinajstić information content (AvgIpc) is 2.66. The Morgan fingerprint density at radius 3 is 2.67 bits per heavy atom. The molecule has 0 aliphatic heterocycles. The fourth-order valence-corrected chi connectivity index (χ4v) is 3.30. The molecule has 6 nitrogen and oxygen atoms in total. The van der Waals surface area contributed by atoms with E-state index in [4.69, 9.17) is 9.47 Å². The number of hydrogen-bond acceptors (Lipinski definition) is 4. The van der Waals surface area contributed by atoms with Crippen molar-refractivity contribution in [3.05, 3.63) is 29.3 Å². The average molecular weight is 378 g/mol. The van der Waals surface area contributed by atoms with Crippen LogP contribution in [-0.4, -0.2) is 50.1 Å². The standard InChI is InChI=1S/C21H35N3O3/c1-4-22-20(24-16-21(25)10-6-5-7-11-21)23-15-18-9-8-17(2)14-19(18)27-13-12-26-3/h8-9,14,25H,4-7,10-13,15-16H2,1-3H3,(H2,22,23,24). The molecule has 1 aromatic carbocycles. The van der Waals surface area contributed by atoms with E-state index < -0.39 is 5.60 Å². The Labute approximate surface area is 163 Å². The number of benzene rings is 1. The topological polar surface area (TPSA) is 75.1 Å². The van der Waals surface area contributed by atoms with Gasteiger partial charge in [-0.25, -0.2) is 4.99 Å². The number of aliphatic imine (C=N–C) groups is 1. The first-order valence-electron chi connectivity index (χ1n) is 10.0. The molecule has 1 aromatic rings. The van der Waals surface area contributed by atoms with E-state index in [2.05, 4.69) is 27.8 Å². The molecule has 6 heteroatoms. The third-order valence-corrected chi connectivity index (χ3v) is 4.89. The Morgan fingerprint density at radius 1 is 1.19 bits per heavy atom. The van der Waals surface area contributed by atoms with Gasteiger partial charge in [0.15, 0.2) is 5.96 Å². The quantitative estimate of drug-likeness (QED) is 0.351. The number of methoxy groups -OCH3 is 1. The van der Waals surface area contributed by atoms with Crippen LogP contribution in [0.5, 0.6) is 5.75 Å². The maximum atomic E-state index is 10.7. The van der Waals surface area contributed by atoms with Crippen molar-refractivity contribution in [3.8, 4) is 5.75 Å². The highest BCUT2D eigenvalue weighted by atomic mass is 16.5. The number of aliphatic hydroxyl groups is 1. The van der Waals surface area contributed by atoms with Crippen molar-refractivity contribution in [1.82, 2.24) is 10.6 Å². The highest BCUT2D eigenvalue weighted by Crippen LogP contribution is 2.27. The second kappa shape index (κ2) is 11.1. The molecular formula is C21H35N3O3. The van der Waals surface area contributed by atoms with Crippen molar-refractivity contribution in [1.29, 1.82) is 0 Å². The lowest BCUT2D eigenvalue weighted by molar-refractivity contribution is 0.00859. The Hall–Kier alpha value is -1.79. The molecule has 0 unspecified atom stereocenters. The number of hydrogen-bond donors (Lipinski definition) is 3. The summed E-state index contributed by atoms with van der Waals surface area (Å²) in [5.74, 6) is 1.57. The largest absolute Gasteiger partial charge is 0.491 e. The van der Waals surface area contributed by atoms with E-state index in [9.17, 15) is 5.11 Å². The van der Waals surface area contributed by atoms with Gasteiger partial charge in [0, 0.05) is 25.8 Å². The van der Waals surface area contributed by atoms with E-state index in [1.54, 1.807) is 7.11 Å². The van der Waals surface area contributed by atoms with E-state index in [-0.39, 0.29) is 0 Å². The van der Waals surface area contributed by atoms with Crippen molar-refractivity contribution in [2.24, 2.45) is 4.99 Å². The van der Waals surface area contributed by atoms with Gasteiger partial charge in [-0.3, -0.25) is 0 Å². The molecule has 1 aliphatic carbocycles. The van der Waals surface area contributed by atoms with E-state index in [1.165, 1.54) is 6.42 Å². The summed E-state index contributed by atoms with van der Waals surface area (Å²) in [6.45, 7) is 6.97. The minimum Gasteiger partial charge on any atom is -0.491 e. The second-order valence-electron chi connectivity index (χ2n) is 7.29. The number of nitrogens with zero attached hydrogens (tertiary/aromatic N) is 1. The Balaban J connectivity index is 2.00. The van der Waals surface area contributed by atoms with Gasteiger partial charge >= 0.3 is 0 Å². The lowest BCUT2D eigenvalue weighted by atomic mass is 9.85. The lowest BCUT2D eigenvalue weighted by Crippen LogP contribution is -2.48. The van der Waals surface area contributed by atoms with Crippen molar-refractivity contribution in [2.75, 3.05) is 33.4 Å². The van der Waals surface area contributed by atoms with Crippen molar-refractivity contribution >= 4 is 5.96 Å². The molecule has 0 spiro atoms. The molecule has 0 amide bonds. The van der Waals surface area contributed by atoms with Gasteiger partial charge in [0.2, 0.25) is 0 Å². The number of nitrogens with one attached hydrogen (secondary N) is 2. The number of rotatable bonds is 9. The van der Waals surface area contributed by atoms with Gasteiger partial charge < -0.3 is 25.2 Å². The molecule has 152 valence electrons. The molecule has 0 saturated heterocycles. The molecule has 1 aliphatic rings. The van der Waals surface area contributed by atoms with Crippen molar-refractivity contribution < 1.29 is 14.6 Å². The molecule has 27 heavy (non-hydrogen) atoms. The number of ether oxygens (including phenoxy) is 2.